The lowest BCUT2D eigenvalue weighted by molar-refractivity contribution is 0.626. The Labute approximate surface area is 136 Å². The average molecular weight is 315 g/mol. The highest BCUT2D eigenvalue weighted by Gasteiger charge is 2.06. The largest absolute Gasteiger partial charge is 0.362 e. The lowest BCUT2D eigenvalue weighted by Gasteiger charge is -2.17. The summed E-state index contributed by atoms with van der Waals surface area (Å²) in [5.74, 6) is 1.38. The third kappa shape index (κ3) is 4.95. The van der Waals surface area contributed by atoms with Gasteiger partial charge in [0.25, 0.3) is 0 Å². The van der Waals surface area contributed by atoms with Gasteiger partial charge >= 0.3 is 0 Å². The van der Waals surface area contributed by atoms with Gasteiger partial charge in [0, 0.05) is 46.0 Å². The summed E-state index contributed by atoms with van der Waals surface area (Å²) in [7, 11) is 5.65. The van der Waals surface area contributed by atoms with E-state index in [0.717, 1.165) is 16.9 Å². The normalized spacial score (nSPS) is 11.2. The Morgan fingerprint density at radius 3 is 2.48 bits per heavy atom. The molecule has 2 aromatic rings. The fourth-order valence-corrected chi connectivity index (χ4v) is 2.16. The molecule has 1 aromatic heterocycles. The van der Waals surface area contributed by atoms with E-state index in [4.69, 9.17) is 0 Å². The molecule has 1 aromatic carbocycles. The molecule has 122 valence electrons. The van der Waals surface area contributed by atoms with Gasteiger partial charge in [-0.1, -0.05) is 18.2 Å². The van der Waals surface area contributed by atoms with E-state index < -0.39 is 0 Å². The van der Waals surface area contributed by atoms with E-state index in [0.29, 0.717) is 19.0 Å². The highest BCUT2D eigenvalue weighted by atomic mass is 19.1. The van der Waals surface area contributed by atoms with Crippen LogP contribution in [-0.2, 0) is 13.1 Å². The van der Waals surface area contributed by atoms with Gasteiger partial charge in [-0.3, -0.25) is 4.99 Å². The standard InChI is InChI=1S/C17H22FN5/c1-19-17(21-11-13-6-8-15(18)9-7-13)22-12-14-5-4-10-20-16(14)23(2)3/h4-10H,11-12H2,1-3H3,(H2,19,21,22). The zero-order valence-electron chi connectivity index (χ0n) is 13.7. The maximum Gasteiger partial charge on any atom is 0.191 e. The van der Waals surface area contributed by atoms with Gasteiger partial charge in [-0.25, -0.2) is 9.37 Å². The molecule has 0 saturated heterocycles. The van der Waals surface area contributed by atoms with Crippen LogP contribution in [-0.4, -0.2) is 32.1 Å². The molecule has 0 unspecified atom stereocenters. The number of aromatic nitrogens is 1. The van der Waals surface area contributed by atoms with Crippen LogP contribution in [0.5, 0.6) is 0 Å². The number of pyridine rings is 1. The molecule has 0 aliphatic rings. The quantitative estimate of drug-likeness (QED) is 0.656. The molecule has 6 heteroatoms. The van der Waals surface area contributed by atoms with Crippen LogP contribution in [0.2, 0.25) is 0 Å². The summed E-state index contributed by atoms with van der Waals surface area (Å²) in [4.78, 5) is 10.5. The molecule has 0 atom stereocenters. The van der Waals surface area contributed by atoms with Crippen molar-refractivity contribution in [2.75, 3.05) is 26.0 Å². The van der Waals surface area contributed by atoms with Crippen molar-refractivity contribution in [2.45, 2.75) is 13.1 Å². The predicted molar refractivity (Wildman–Crippen MR) is 92.0 cm³/mol. The van der Waals surface area contributed by atoms with E-state index in [1.54, 1.807) is 25.4 Å². The summed E-state index contributed by atoms with van der Waals surface area (Å²) in [5.41, 5.74) is 2.08. The second-order valence-corrected chi connectivity index (χ2v) is 5.29. The van der Waals surface area contributed by atoms with E-state index >= 15 is 0 Å². The van der Waals surface area contributed by atoms with Crippen molar-refractivity contribution in [1.82, 2.24) is 15.6 Å². The number of anilines is 1. The number of rotatable bonds is 5. The first kappa shape index (κ1) is 16.7. The van der Waals surface area contributed by atoms with Gasteiger partial charge in [-0.05, 0) is 23.8 Å². The van der Waals surface area contributed by atoms with Crippen LogP contribution < -0.4 is 15.5 Å². The van der Waals surface area contributed by atoms with Crippen molar-refractivity contribution in [2.24, 2.45) is 4.99 Å². The first-order chi connectivity index (χ1) is 11.1. The minimum absolute atomic E-state index is 0.232. The minimum Gasteiger partial charge on any atom is -0.362 e. The number of benzene rings is 1. The monoisotopic (exact) mass is 315 g/mol. The molecule has 0 fully saturated rings. The molecule has 0 aliphatic heterocycles. The molecule has 0 amide bonds. The van der Waals surface area contributed by atoms with E-state index in [2.05, 4.69) is 20.6 Å². The van der Waals surface area contributed by atoms with Gasteiger partial charge in [0.1, 0.15) is 11.6 Å². The zero-order chi connectivity index (χ0) is 16.7. The van der Waals surface area contributed by atoms with Crippen molar-refractivity contribution in [3.63, 3.8) is 0 Å². The molecule has 0 radical (unpaired) electrons. The first-order valence-electron chi connectivity index (χ1n) is 7.40. The van der Waals surface area contributed by atoms with Crippen LogP contribution in [0.1, 0.15) is 11.1 Å². The number of nitrogens with zero attached hydrogens (tertiary/aromatic N) is 3. The van der Waals surface area contributed by atoms with Gasteiger partial charge in [-0.2, -0.15) is 0 Å². The van der Waals surface area contributed by atoms with Crippen LogP contribution in [0.25, 0.3) is 0 Å². The molecule has 0 bridgehead atoms. The summed E-state index contributed by atoms with van der Waals surface area (Å²) in [6, 6.07) is 10.3. The predicted octanol–water partition coefficient (Wildman–Crippen LogP) is 2.15. The number of hydrogen-bond acceptors (Lipinski definition) is 3. The maximum absolute atomic E-state index is 12.9. The van der Waals surface area contributed by atoms with Crippen LogP contribution in [0.4, 0.5) is 10.2 Å². The van der Waals surface area contributed by atoms with E-state index in [1.165, 1.54) is 12.1 Å². The van der Waals surface area contributed by atoms with Gasteiger partial charge in [-0.15, -0.1) is 0 Å². The topological polar surface area (TPSA) is 52.6 Å². The molecule has 0 aliphatic carbocycles. The van der Waals surface area contributed by atoms with Crippen molar-refractivity contribution in [3.8, 4) is 0 Å². The molecular formula is C17H22FN5. The summed E-state index contributed by atoms with van der Waals surface area (Å²) < 4.78 is 12.9. The number of guanidine groups is 1. The van der Waals surface area contributed by atoms with Crippen LogP contribution >= 0.6 is 0 Å². The number of halogens is 1. The van der Waals surface area contributed by atoms with Crippen LogP contribution in [0.3, 0.4) is 0 Å². The Hall–Kier alpha value is -2.63. The third-order valence-corrected chi connectivity index (χ3v) is 3.33. The van der Waals surface area contributed by atoms with Crippen molar-refractivity contribution in [1.29, 1.82) is 0 Å². The van der Waals surface area contributed by atoms with Gasteiger partial charge < -0.3 is 15.5 Å². The summed E-state index contributed by atoms with van der Waals surface area (Å²) >= 11 is 0. The van der Waals surface area contributed by atoms with Crippen molar-refractivity contribution < 1.29 is 4.39 Å². The lowest BCUT2D eigenvalue weighted by atomic mass is 10.2. The Kier molecular flexibility index (Phi) is 5.91. The summed E-state index contributed by atoms with van der Waals surface area (Å²) in [5, 5.41) is 6.47. The minimum atomic E-state index is -0.232. The molecule has 1 heterocycles. The molecule has 0 spiro atoms. The van der Waals surface area contributed by atoms with Gasteiger partial charge in [0.05, 0.1) is 0 Å². The smallest absolute Gasteiger partial charge is 0.191 e. The number of hydrogen-bond donors (Lipinski definition) is 2. The van der Waals surface area contributed by atoms with Crippen molar-refractivity contribution in [3.05, 3.63) is 59.5 Å². The number of nitrogens with one attached hydrogen (secondary N) is 2. The lowest BCUT2D eigenvalue weighted by Crippen LogP contribution is -2.36. The Bertz CT molecular complexity index is 652. The third-order valence-electron chi connectivity index (χ3n) is 3.33. The van der Waals surface area contributed by atoms with Crippen molar-refractivity contribution >= 4 is 11.8 Å². The van der Waals surface area contributed by atoms with Crippen LogP contribution in [0.15, 0.2) is 47.6 Å². The fraction of sp³-hybridized carbons (Fsp3) is 0.294. The SMILES string of the molecule is CN=C(NCc1ccc(F)cc1)NCc1cccnc1N(C)C. The first-order valence-corrected chi connectivity index (χ1v) is 7.40. The Balaban J connectivity index is 1.92. The second-order valence-electron chi connectivity index (χ2n) is 5.29. The van der Waals surface area contributed by atoms with Gasteiger partial charge in [0.15, 0.2) is 5.96 Å². The molecule has 2 N–H and O–H groups in total. The maximum atomic E-state index is 12.9. The molecule has 0 saturated carbocycles. The molecule has 23 heavy (non-hydrogen) atoms. The van der Waals surface area contributed by atoms with E-state index in [-0.39, 0.29) is 5.82 Å². The Morgan fingerprint density at radius 2 is 1.83 bits per heavy atom. The van der Waals surface area contributed by atoms with E-state index in [9.17, 15) is 4.39 Å². The fourth-order valence-electron chi connectivity index (χ4n) is 2.16. The van der Waals surface area contributed by atoms with Gasteiger partial charge in [0.2, 0.25) is 0 Å². The van der Waals surface area contributed by atoms with E-state index in [1.807, 2.05) is 31.1 Å². The molecule has 2 rings (SSSR count). The average Bonchev–Trinajstić information content (AvgIpc) is 2.56. The highest BCUT2D eigenvalue weighted by molar-refractivity contribution is 5.79. The molecular weight excluding hydrogens is 293 g/mol. The zero-order valence-corrected chi connectivity index (χ0v) is 13.7. The van der Waals surface area contributed by atoms with Crippen LogP contribution in [0, 0.1) is 5.82 Å². The second kappa shape index (κ2) is 8.12. The molecule has 5 nitrogen and oxygen atoms in total. The highest BCUT2D eigenvalue weighted by Crippen LogP contribution is 2.13. The summed E-state index contributed by atoms with van der Waals surface area (Å²) in [6.07, 6.45) is 1.78. The Morgan fingerprint density at radius 1 is 1.13 bits per heavy atom. The number of aliphatic imine (C=N–C) groups is 1. The summed E-state index contributed by atoms with van der Waals surface area (Å²) in [6.45, 7) is 1.19.